The minimum Gasteiger partial charge on any atom is -0.297 e. The minimum absolute atomic E-state index is 0.825. The van der Waals surface area contributed by atoms with Crippen molar-refractivity contribution in [3.05, 3.63) is 52.3 Å². The van der Waals surface area contributed by atoms with Crippen molar-refractivity contribution in [1.82, 2.24) is 19.6 Å². The van der Waals surface area contributed by atoms with Crippen LogP contribution in [-0.2, 0) is 19.6 Å². The Morgan fingerprint density at radius 2 is 1.79 bits per heavy atom. The molecule has 1 aromatic carbocycles. The van der Waals surface area contributed by atoms with Gasteiger partial charge in [0.25, 0.3) is 0 Å². The molecule has 0 radical (unpaired) electrons. The van der Waals surface area contributed by atoms with E-state index in [1.807, 2.05) is 12.1 Å². The molecule has 4 nitrogen and oxygen atoms in total. The first kappa shape index (κ1) is 17.5. The van der Waals surface area contributed by atoms with Gasteiger partial charge in [0.15, 0.2) is 0 Å². The Bertz CT molecular complexity index is 659. The van der Waals surface area contributed by atoms with E-state index in [0.29, 0.717) is 0 Å². The number of rotatable bonds is 6. The van der Waals surface area contributed by atoms with Crippen LogP contribution in [0.3, 0.4) is 0 Å². The molecule has 1 aliphatic rings. The van der Waals surface area contributed by atoms with Gasteiger partial charge in [-0.3, -0.25) is 14.5 Å². The Morgan fingerprint density at radius 1 is 1.08 bits per heavy atom. The normalized spacial score (nSPS) is 16.6. The number of hydrogen-bond donors (Lipinski definition) is 0. The topological polar surface area (TPSA) is 24.3 Å². The van der Waals surface area contributed by atoms with Gasteiger partial charge in [-0.2, -0.15) is 5.10 Å². The van der Waals surface area contributed by atoms with E-state index >= 15 is 0 Å². The highest BCUT2D eigenvalue weighted by Gasteiger charge is 2.18. The van der Waals surface area contributed by atoms with E-state index in [1.54, 1.807) is 0 Å². The summed E-state index contributed by atoms with van der Waals surface area (Å²) >= 11 is 6.08. The second-order valence-corrected chi connectivity index (χ2v) is 7.12. The first-order valence-electron chi connectivity index (χ1n) is 8.86. The molecule has 0 spiro atoms. The van der Waals surface area contributed by atoms with E-state index in [9.17, 15) is 0 Å². The average molecular weight is 347 g/mol. The molecule has 130 valence electrons. The fourth-order valence-electron chi connectivity index (χ4n) is 3.30. The van der Waals surface area contributed by atoms with Crippen molar-refractivity contribution in [2.45, 2.75) is 39.9 Å². The fourth-order valence-corrected chi connectivity index (χ4v) is 3.51. The van der Waals surface area contributed by atoms with E-state index < -0.39 is 0 Å². The second kappa shape index (κ2) is 8.15. The number of benzene rings is 1. The maximum atomic E-state index is 6.08. The second-order valence-electron chi connectivity index (χ2n) is 6.69. The first-order chi connectivity index (χ1) is 11.6. The summed E-state index contributed by atoms with van der Waals surface area (Å²) < 4.78 is 2.08. The van der Waals surface area contributed by atoms with Gasteiger partial charge in [0.2, 0.25) is 0 Å². The van der Waals surface area contributed by atoms with Crippen molar-refractivity contribution in [3.63, 3.8) is 0 Å². The highest BCUT2D eigenvalue weighted by molar-refractivity contribution is 6.30. The number of piperazine rings is 1. The van der Waals surface area contributed by atoms with Gasteiger partial charge in [0, 0.05) is 62.6 Å². The smallest absolute Gasteiger partial charge is 0.0638 e. The Balaban J connectivity index is 1.50. The van der Waals surface area contributed by atoms with Crippen molar-refractivity contribution < 1.29 is 0 Å². The van der Waals surface area contributed by atoms with Crippen LogP contribution in [0.25, 0.3) is 0 Å². The third-order valence-corrected chi connectivity index (χ3v) is 4.89. The van der Waals surface area contributed by atoms with Gasteiger partial charge in [-0.05, 0) is 31.0 Å². The monoisotopic (exact) mass is 346 g/mol. The number of nitrogens with zero attached hydrogens (tertiary/aromatic N) is 4. The molecular weight excluding hydrogens is 320 g/mol. The van der Waals surface area contributed by atoms with Gasteiger partial charge in [-0.15, -0.1) is 0 Å². The Hall–Kier alpha value is -1.36. The van der Waals surface area contributed by atoms with E-state index in [4.69, 9.17) is 11.6 Å². The van der Waals surface area contributed by atoms with E-state index in [0.717, 1.165) is 57.3 Å². The van der Waals surface area contributed by atoms with E-state index in [-0.39, 0.29) is 0 Å². The van der Waals surface area contributed by atoms with Gasteiger partial charge < -0.3 is 0 Å². The van der Waals surface area contributed by atoms with Crippen LogP contribution in [0, 0.1) is 6.92 Å². The summed E-state index contributed by atoms with van der Waals surface area (Å²) in [6.45, 7) is 11.8. The molecule has 2 heterocycles. The quantitative estimate of drug-likeness (QED) is 0.799. The first-order valence-corrected chi connectivity index (χ1v) is 9.24. The van der Waals surface area contributed by atoms with Gasteiger partial charge in [-0.1, -0.05) is 30.7 Å². The van der Waals surface area contributed by atoms with Crippen LogP contribution in [0.15, 0.2) is 30.5 Å². The molecule has 3 rings (SSSR count). The summed E-state index contributed by atoms with van der Waals surface area (Å²) in [6, 6.07) is 8.19. The third kappa shape index (κ3) is 4.59. The molecule has 1 aromatic heterocycles. The van der Waals surface area contributed by atoms with Crippen molar-refractivity contribution >= 4 is 11.6 Å². The fraction of sp³-hybridized carbons (Fsp3) is 0.526. The molecule has 1 saturated heterocycles. The molecule has 0 aliphatic carbocycles. The number of aryl methyl sites for hydroxylation is 2. The van der Waals surface area contributed by atoms with Crippen LogP contribution in [0.5, 0.6) is 0 Å². The largest absolute Gasteiger partial charge is 0.297 e. The third-order valence-electron chi connectivity index (χ3n) is 4.65. The molecule has 2 aromatic rings. The summed E-state index contributed by atoms with van der Waals surface area (Å²) in [6.07, 6.45) is 3.35. The molecule has 0 saturated carbocycles. The predicted octanol–water partition coefficient (Wildman–Crippen LogP) is 3.57. The zero-order valence-corrected chi connectivity index (χ0v) is 15.5. The maximum absolute atomic E-state index is 6.08. The van der Waals surface area contributed by atoms with Crippen molar-refractivity contribution in [2.24, 2.45) is 0 Å². The average Bonchev–Trinajstić information content (AvgIpc) is 2.89. The Kier molecular flexibility index (Phi) is 5.93. The molecule has 0 atom stereocenters. The molecule has 24 heavy (non-hydrogen) atoms. The number of hydrogen-bond acceptors (Lipinski definition) is 3. The molecular formula is C19H27ClN4. The number of halogens is 1. The van der Waals surface area contributed by atoms with Crippen LogP contribution in [0.2, 0.25) is 5.02 Å². The Morgan fingerprint density at radius 3 is 2.46 bits per heavy atom. The lowest BCUT2D eigenvalue weighted by Gasteiger charge is -2.34. The molecule has 1 fully saturated rings. The van der Waals surface area contributed by atoms with Crippen molar-refractivity contribution in [1.29, 1.82) is 0 Å². The predicted molar refractivity (Wildman–Crippen MR) is 99.3 cm³/mol. The zero-order valence-electron chi connectivity index (χ0n) is 14.7. The van der Waals surface area contributed by atoms with Crippen LogP contribution < -0.4 is 0 Å². The molecule has 0 unspecified atom stereocenters. The van der Waals surface area contributed by atoms with Gasteiger partial charge >= 0.3 is 0 Å². The lowest BCUT2D eigenvalue weighted by atomic mass is 10.2. The van der Waals surface area contributed by atoms with Crippen LogP contribution >= 0.6 is 11.6 Å². The van der Waals surface area contributed by atoms with Crippen LogP contribution in [0.4, 0.5) is 0 Å². The Labute approximate surface area is 150 Å². The van der Waals surface area contributed by atoms with Crippen molar-refractivity contribution in [2.75, 3.05) is 26.2 Å². The SMILES string of the molecule is CCCn1cc(CN2CCN(Cc3cccc(Cl)c3)CC2)c(C)n1. The summed E-state index contributed by atoms with van der Waals surface area (Å²) in [5.41, 5.74) is 3.84. The molecule has 0 bridgehead atoms. The number of aromatic nitrogens is 2. The zero-order chi connectivity index (χ0) is 16.9. The standard InChI is InChI=1S/C19H27ClN4/c1-3-7-24-15-18(16(2)21-24)14-23-10-8-22(9-11-23)13-17-5-4-6-19(20)12-17/h4-6,12,15H,3,7-11,13-14H2,1-2H3. The summed E-state index contributed by atoms with van der Waals surface area (Å²) in [4.78, 5) is 5.05. The molecule has 1 aliphatic heterocycles. The highest BCUT2D eigenvalue weighted by atomic mass is 35.5. The minimum atomic E-state index is 0.825. The van der Waals surface area contributed by atoms with Crippen LogP contribution in [-0.4, -0.2) is 45.8 Å². The van der Waals surface area contributed by atoms with Gasteiger partial charge in [-0.25, -0.2) is 0 Å². The van der Waals surface area contributed by atoms with Gasteiger partial charge in [0.05, 0.1) is 5.69 Å². The molecule has 5 heteroatoms. The highest BCUT2D eigenvalue weighted by Crippen LogP contribution is 2.16. The lowest BCUT2D eigenvalue weighted by Crippen LogP contribution is -2.45. The van der Waals surface area contributed by atoms with E-state index in [1.165, 1.54) is 16.8 Å². The lowest BCUT2D eigenvalue weighted by molar-refractivity contribution is 0.122. The maximum Gasteiger partial charge on any atom is 0.0638 e. The van der Waals surface area contributed by atoms with Gasteiger partial charge in [0.1, 0.15) is 0 Å². The molecule has 0 N–H and O–H groups in total. The summed E-state index contributed by atoms with van der Waals surface area (Å²) in [5, 5.41) is 5.44. The summed E-state index contributed by atoms with van der Waals surface area (Å²) in [5.74, 6) is 0. The van der Waals surface area contributed by atoms with Crippen molar-refractivity contribution in [3.8, 4) is 0 Å². The molecule has 0 amide bonds. The van der Waals surface area contributed by atoms with Crippen LogP contribution in [0.1, 0.15) is 30.2 Å². The summed E-state index contributed by atoms with van der Waals surface area (Å²) in [7, 11) is 0. The van der Waals surface area contributed by atoms with E-state index in [2.05, 4.69) is 51.8 Å².